The highest BCUT2D eigenvalue weighted by Crippen LogP contribution is 2.10. The van der Waals surface area contributed by atoms with Crippen LogP contribution < -0.4 is 5.32 Å². The van der Waals surface area contributed by atoms with E-state index in [1.807, 2.05) is 6.92 Å². The van der Waals surface area contributed by atoms with Crippen molar-refractivity contribution >= 4 is 5.91 Å². The molecule has 2 rings (SSSR count). The van der Waals surface area contributed by atoms with Crippen molar-refractivity contribution in [3.63, 3.8) is 0 Å². The van der Waals surface area contributed by atoms with E-state index in [0.717, 1.165) is 0 Å². The van der Waals surface area contributed by atoms with Crippen LogP contribution >= 0.6 is 0 Å². The van der Waals surface area contributed by atoms with Crippen LogP contribution in [0.2, 0.25) is 0 Å². The maximum absolute atomic E-state index is 11.9. The molecule has 1 aromatic rings. The van der Waals surface area contributed by atoms with Crippen molar-refractivity contribution in [1.82, 2.24) is 20.7 Å². The summed E-state index contributed by atoms with van der Waals surface area (Å²) in [5, 5.41) is 12.9. The van der Waals surface area contributed by atoms with Crippen molar-refractivity contribution in [2.45, 2.75) is 26.0 Å². The number of carbonyl (C=O) groups excluding carboxylic acids is 1. The Morgan fingerprint density at radius 2 is 2.41 bits per heavy atom. The van der Waals surface area contributed by atoms with E-state index in [2.05, 4.69) is 20.7 Å². The quantitative estimate of drug-likeness (QED) is 0.750. The zero-order chi connectivity index (χ0) is 12.3. The van der Waals surface area contributed by atoms with E-state index < -0.39 is 0 Å². The van der Waals surface area contributed by atoms with E-state index in [1.165, 1.54) is 0 Å². The molecule has 1 fully saturated rings. The van der Waals surface area contributed by atoms with Crippen LogP contribution in [-0.2, 0) is 9.47 Å². The van der Waals surface area contributed by atoms with Gasteiger partial charge < -0.3 is 14.8 Å². The lowest BCUT2D eigenvalue weighted by atomic mass is 10.2. The minimum absolute atomic E-state index is 0.0869. The predicted octanol–water partition coefficient (Wildman–Crippen LogP) is -0.353. The molecule has 0 saturated carbocycles. The standard InChI is InChI=1S/C10H16N4O3/c1-3-17-8-5-16-4-7(8)11-10(15)9-6(2)12-14-13-9/h7-8H,3-5H2,1-2H3,(H,11,15)(H,12,13,14)/t7-,8-/m0/s1. The Morgan fingerprint density at radius 3 is 3.06 bits per heavy atom. The maximum atomic E-state index is 11.9. The van der Waals surface area contributed by atoms with Crippen LogP contribution in [0, 0.1) is 6.92 Å². The molecule has 17 heavy (non-hydrogen) atoms. The van der Waals surface area contributed by atoms with Crippen molar-refractivity contribution in [2.24, 2.45) is 0 Å². The minimum Gasteiger partial charge on any atom is -0.376 e. The molecule has 0 radical (unpaired) electrons. The number of aryl methyl sites for hydroxylation is 1. The Kier molecular flexibility index (Phi) is 3.70. The summed E-state index contributed by atoms with van der Waals surface area (Å²) in [6, 6.07) is -0.126. The highest BCUT2D eigenvalue weighted by molar-refractivity contribution is 5.93. The fraction of sp³-hybridized carbons (Fsp3) is 0.700. The second-order valence-corrected chi connectivity index (χ2v) is 3.87. The summed E-state index contributed by atoms with van der Waals surface area (Å²) in [4.78, 5) is 11.9. The van der Waals surface area contributed by atoms with Gasteiger partial charge in [0.2, 0.25) is 0 Å². The number of amides is 1. The van der Waals surface area contributed by atoms with E-state index in [1.54, 1.807) is 6.92 Å². The third kappa shape index (κ3) is 2.62. The van der Waals surface area contributed by atoms with Gasteiger partial charge in [0.05, 0.1) is 24.9 Å². The van der Waals surface area contributed by atoms with Crippen LogP contribution in [0.4, 0.5) is 0 Å². The summed E-state index contributed by atoms with van der Waals surface area (Å²) < 4.78 is 10.8. The van der Waals surface area contributed by atoms with Gasteiger partial charge in [-0.3, -0.25) is 4.79 Å². The fourth-order valence-corrected chi connectivity index (χ4v) is 1.78. The Bertz CT molecular complexity index is 393. The molecule has 0 spiro atoms. The van der Waals surface area contributed by atoms with Gasteiger partial charge in [0, 0.05) is 6.61 Å². The highest BCUT2D eigenvalue weighted by atomic mass is 16.5. The molecule has 0 unspecified atom stereocenters. The number of carbonyl (C=O) groups is 1. The van der Waals surface area contributed by atoms with Crippen molar-refractivity contribution in [1.29, 1.82) is 0 Å². The Labute approximate surface area is 98.9 Å². The predicted molar refractivity (Wildman–Crippen MR) is 58.6 cm³/mol. The molecule has 2 N–H and O–H groups in total. The van der Waals surface area contributed by atoms with Crippen LogP contribution in [-0.4, -0.2) is 53.3 Å². The van der Waals surface area contributed by atoms with Gasteiger partial charge in [-0.25, -0.2) is 0 Å². The molecule has 0 aliphatic carbocycles. The third-order valence-corrected chi connectivity index (χ3v) is 2.66. The summed E-state index contributed by atoms with van der Waals surface area (Å²) in [5.41, 5.74) is 0.890. The molecule has 1 aliphatic heterocycles. The maximum Gasteiger partial charge on any atom is 0.274 e. The van der Waals surface area contributed by atoms with E-state index in [9.17, 15) is 4.79 Å². The first kappa shape index (κ1) is 12.0. The fourth-order valence-electron chi connectivity index (χ4n) is 1.78. The zero-order valence-corrected chi connectivity index (χ0v) is 9.90. The van der Waals surface area contributed by atoms with Gasteiger partial charge in [0.15, 0.2) is 5.69 Å². The SMILES string of the molecule is CCO[C@H]1COC[C@@H]1NC(=O)c1n[nH]nc1C. The van der Waals surface area contributed by atoms with E-state index >= 15 is 0 Å². The molecule has 7 heteroatoms. The summed E-state index contributed by atoms with van der Waals surface area (Å²) in [6.45, 7) is 5.22. The number of aromatic amines is 1. The molecule has 94 valence electrons. The normalized spacial score (nSPS) is 23.9. The van der Waals surface area contributed by atoms with Gasteiger partial charge in [0.1, 0.15) is 6.10 Å². The molecule has 1 aromatic heterocycles. The monoisotopic (exact) mass is 240 g/mol. The van der Waals surface area contributed by atoms with Crippen molar-refractivity contribution in [2.75, 3.05) is 19.8 Å². The van der Waals surface area contributed by atoms with Gasteiger partial charge in [0.25, 0.3) is 5.91 Å². The molecule has 1 aliphatic rings. The smallest absolute Gasteiger partial charge is 0.274 e. The molecule has 7 nitrogen and oxygen atoms in total. The summed E-state index contributed by atoms with van der Waals surface area (Å²) in [7, 11) is 0. The number of ether oxygens (including phenoxy) is 2. The van der Waals surface area contributed by atoms with Crippen LogP contribution in [0.25, 0.3) is 0 Å². The lowest BCUT2D eigenvalue weighted by Crippen LogP contribution is -2.44. The molecule has 2 atom stereocenters. The number of hydrogen-bond donors (Lipinski definition) is 2. The lowest BCUT2D eigenvalue weighted by molar-refractivity contribution is 0.0402. The Morgan fingerprint density at radius 1 is 1.59 bits per heavy atom. The first-order valence-corrected chi connectivity index (χ1v) is 5.60. The summed E-state index contributed by atoms with van der Waals surface area (Å²) in [6.07, 6.45) is -0.0869. The van der Waals surface area contributed by atoms with Crippen LogP contribution in [0.3, 0.4) is 0 Å². The highest BCUT2D eigenvalue weighted by Gasteiger charge is 2.31. The van der Waals surface area contributed by atoms with Crippen LogP contribution in [0.5, 0.6) is 0 Å². The Hall–Kier alpha value is -1.47. The van der Waals surface area contributed by atoms with Crippen molar-refractivity contribution in [3.8, 4) is 0 Å². The molecule has 1 saturated heterocycles. The van der Waals surface area contributed by atoms with Crippen LogP contribution in [0.15, 0.2) is 0 Å². The summed E-state index contributed by atoms with van der Waals surface area (Å²) >= 11 is 0. The topological polar surface area (TPSA) is 89.1 Å². The number of H-pyrrole nitrogens is 1. The molecule has 0 bridgehead atoms. The van der Waals surface area contributed by atoms with Crippen LogP contribution in [0.1, 0.15) is 23.1 Å². The number of hydrogen-bond acceptors (Lipinski definition) is 5. The van der Waals surface area contributed by atoms with Crippen molar-refractivity contribution in [3.05, 3.63) is 11.4 Å². The number of nitrogens with one attached hydrogen (secondary N) is 2. The number of aromatic nitrogens is 3. The molecular weight excluding hydrogens is 224 g/mol. The van der Waals surface area contributed by atoms with E-state index in [0.29, 0.717) is 31.2 Å². The minimum atomic E-state index is -0.253. The van der Waals surface area contributed by atoms with Gasteiger partial charge in [-0.15, -0.1) is 0 Å². The number of nitrogens with zero attached hydrogens (tertiary/aromatic N) is 2. The van der Waals surface area contributed by atoms with Gasteiger partial charge in [-0.1, -0.05) is 0 Å². The Balaban J connectivity index is 1.97. The average Bonchev–Trinajstić information content (AvgIpc) is 2.89. The molecule has 1 amide bonds. The lowest BCUT2D eigenvalue weighted by Gasteiger charge is -2.18. The molecule has 0 aromatic carbocycles. The van der Waals surface area contributed by atoms with Crippen molar-refractivity contribution < 1.29 is 14.3 Å². The van der Waals surface area contributed by atoms with Gasteiger partial charge in [-0.2, -0.15) is 15.4 Å². The van der Waals surface area contributed by atoms with E-state index in [4.69, 9.17) is 9.47 Å². The first-order valence-electron chi connectivity index (χ1n) is 5.60. The van der Waals surface area contributed by atoms with E-state index in [-0.39, 0.29) is 18.1 Å². The largest absolute Gasteiger partial charge is 0.376 e. The second-order valence-electron chi connectivity index (χ2n) is 3.87. The summed E-state index contributed by atoms with van der Waals surface area (Å²) in [5.74, 6) is -0.253. The number of rotatable bonds is 4. The van der Waals surface area contributed by atoms with Gasteiger partial charge in [-0.05, 0) is 13.8 Å². The third-order valence-electron chi connectivity index (χ3n) is 2.66. The first-order chi connectivity index (χ1) is 8.22. The molecule has 2 heterocycles. The van der Waals surface area contributed by atoms with Gasteiger partial charge >= 0.3 is 0 Å². The zero-order valence-electron chi connectivity index (χ0n) is 9.90. The second kappa shape index (κ2) is 5.24. The average molecular weight is 240 g/mol. The molecular formula is C10H16N4O3.